The number of hydrogen-bond acceptors (Lipinski definition) is 7. The Labute approximate surface area is 195 Å². The summed E-state index contributed by atoms with van der Waals surface area (Å²) in [6.45, 7) is 5.72. The quantitative estimate of drug-likeness (QED) is 0.711. The van der Waals surface area contributed by atoms with Gasteiger partial charge < -0.3 is 18.9 Å². The molecule has 0 radical (unpaired) electrons. The molecular weight excluding hydrogens is 446 g/mol. The van der Waals surface area contributed by atoms with Gasteiger partial charge in [0.15, 0.2) is 5.03 Å². The van der Waals surface area contributed by atoms with Crippen molar-refractivity contribution in [1.29, 1.82) is 0 Å². The summed E-state index contributed by atoms with van der Waals surface area (Å²) in [5.74, 6) is 0.309. The molecule has 11 heteroatoms. The van der Waals surface area contributed by atoms with Gasteiger partial charge in [0, 0.05) is 52.2 Å². The van der Waals surface area contributed by atoms with Crippen LogP contribution >= 0.6 is 0 Å². The molecule has 0 saturated carbocycles. The predicted octanol–water partition coefficient (Wildman–Crippen LogP) is 1.66. The standard InChI is InChI=1S/C22H33N5O5S/c1-15-10-26(4)16(2)13-32-19-8-7-17(24-33(29,30)21-12-25(3)14-23-21)9-18(19)22(28)27(5)11-20(15)31-6/h7-9,12,14-16,20,24H,10-11,13H2,1-6H3/t15-,16+,20+/m0/s1. The van der Waals surface area contributed by atoms with Gasteiger partial charge in [0.05, 0.1) is 18.0 Å². The van der Waals surface area contributed by atoms with E-state index in [0.29, 0.717) is 18.9 Å². The van der Waals surface area contributed by atoms with Gasteiger partial charge in [-0.25, -0.2) is 4.98 Å². The molecule has 1 aromatic carbocycles. The molecule has 10 nitrogen and oxygen atoms in total. The Kier molecular flexibility index (Phi) is 7.65. The van der Waals surface area contributed by atoms with Crippen molar-refractivity contribution in [3.63, 3.8) is 0 Å². The molecule has 0 saturated heterocycles. The molecular formula is C22H33N5O5S. The van der Waals surface area contributed by atoms with Crippen molar-refractivity contribution in [3.8, 4) is 5.75 Å². The van der Waals surface area contributed by atoms with Crippen LogP contribution in [0, 0.1) is 5.92 Å². The highest BCUT2D eigenvalue weighted by atomic mass is 32.2. The molecule has 1 N–H and O–H groups in total. The highest BCUT2D eigenvalue weighted by Crippen LogP contribution is 2.27. The van der Waals surface area contributed by atoms with Crippen LogP contribution < -0.4 is 9.46 Å². The number of nitrogens with one attached hydrogen (secondary N) is 1. The van der Waals surface area contributed by atoms with Gasteiger partial charge >= 0.3 is 0 Å². The van der Waals surface area contributed by atoms with Gasteiger partial charge in [-0.3, -0.25) is 14.4 Å². The van der Waals surface area contributed by atoms with E-state index in [1.807, 2.05) is 7.05 Å². The molecule has 33 heavy (non-hydrogen) atoms. The highest BCUT2D eigenvalue weighted by Gasteiger charge is 2.27. The van der Waals surface area contributed by atoms with Crippen LogP contribution in [0.5, 0.6) is 5.75 Å². The van der Waals surface area contributed by atoms with Gasteiger partial charge in [0.1, 0.15) is 12.4 Å². The van der Waals surface area contributed by atoms with Gasteiger partial charge in [-0.2, -0.15) is 8.42 Å². The lowest BCUT2D eigenvalue weighted by Crippen LogP contribution is -2.45. The number of rotatable bonds is 4. The normalized spacial score (nSPS) is 23.3. The van der Waals surface area contributed by atoms with Crippen LogP contribution in [0.1, 0.15) is 24.2 Å². The molecule has 2 aromatic rings. The molecule has 0 aliphatic carbocycles. The molecule has 1 aromatic heterocycles. The number of sulfonamides is 1. The number of fused-ring (bicyclic) bond motifs is 1. The lowest BCUT2D eigenvalue weighted by molar-refractivity contribution is 0.0150. The molecule has 0 unspecified atom stereocenters. The minimum Gasteiger partial charge on any atom is -0.491 e. The van der Waals surface area contributed by atoms with Crippen LogP contribution in [0.4, 0.5) is 5.69 Å². The summed E-state index contributed by atoms with van der Waals surface area (Å²) in [6, 6.07) is 4.80. The Morgan fingerprint density at radius 1 is 1.18 bits per heavy atom. The van der Waals surface area contributed by atoms with E-state index >= 15 is 0 Å². The molecule has 3 atom stereocenters. The number of ether oxygens (including phenoxy) is 2. The Bertz CT molecular complexity index is 1090. The third-order valence-electron chi connectivity index (χ3n) is 5.97. The molecule has 1 aliphatic heterocycles. The number of aromatic nitrogens is 2. The van der Waals surface area contributed by atoms with Crippen LogP contribution in [0.25, 0.3) is 0 Å². The zero-order valence-electron chi connectivity index (χ0n) is 20.0. The molecule has 1 aliphatic rings. The Balaban J connectivity index is 1.95. The number of nitrogens with zero attached hydrogens (tertiary/aromatic N) is 4. The van der Waals surface area contributed by atoms with Crippen LogP contribution in [0.3, 0.4) is 0 Å². The monoisotopic (exact) mass is 479 g/mol. The zero-order chi connectivity index (χ0) is 24.3. The van der Waals surface area contributed by atoms with Gasteiger partial charge in [-0.15, -0.1) is 0 Å². The number of amides is 1. The molecule has 0 fully saturated rings. The van der Waals surface area contributed by atoms with Gasteiger partial charge in [-0.1, -0.05) is 6.92 Å². The van der Waals surface area contributed by atoms with Gasteiger partial charge in [-0.05, 0) is 38.1 Å². The van der Waals surface area contributed by atoms with Crippen molar-refractivity contribution in [2.24, 2.45) is 13.0 Å². The topological polar surface area (TPSA) is 106 Å². The predicted molar refractivity (Wildman–Crippen MR) is 125 cm³/mol. The summed E-state index contributed by atoms with van der Waals surface area (Å²) in [5.41, 5.74) is 0.523. The van der Waals surface area contributed by atoms with Crippen molar-refractivity contribution in [2.75, 3.05) is 45.6 Å². The number of carbonyl (C=O) groups excluding carboxylic acids is 1. The minimum absolute atomic E-state index is 0.104. The van der Waals surface area contributed by atoms with Crippen LogP contribution in [-0.4, -0.2) is 86.7 Å². The van der Waals surface area contributed by atoms with E-state index in [-0.39, 0.29) is 40.2 Å². The van der Waals surface area contributed by atoms with Crippen LogP contribution in [0.2, 0.25) is 0 Å². The Morgan fingerprint density at radius 3 is 2.55 bits per heavy atom. The van der Waals surface area contributed by atoms with Crippen LogP contribution in [0.15, 0.2) is 35.7 Å². The second kappa shape index (κ2) is 10.1. The summed E-state index contributed by atoms with van der Waals surface area (Å²) in [5, 5.41) is -0.105. The first-order chi connectivity index (χ1) is 15.5. The first-order valence-corrected chi connectivity index (χ1v) is 12.3. The van der Waals surface area contributed by atoms with Crippen molar-refractivity contribution in [1.82, 2.24) is 19.4 Å². The third-order valence-corrected chi connectivity index (χ3v) is 7.23. The number of anilines is 1. The summed E-state index contributed by atoms with van der Waals surface area (Å²) in [6.07, 6.45) is 2.66. The molecule has 2 heterocycles. The first kappa shape index (κ1) is 25.0. The van der Waals surface area contributed by atoms with Crippen molar-refractivity contribution >= 4 is 21.6 Å². The lowest BCUT2D eigenvalue weighted by Gasteiger charge is -2.34. The fourth-order valence-electron chi connectivity index (χ4n) is 3.76. The molecule has 3 rings (SSSR count). The SMILES string of the molecule is CO[C@@H]1CN(C)C(=O)c2cc(NS(=O)(=O)c3cn(C)cn3)ccc2OC[C@@H](C)N(C)C[C@@H]1C. The van der Waals surface area contributed by atoms with Crippen molar-refractivity contribution in [2.45, 2.75) is 31.0 Å². The van der Waals surface area contributed by atoms with E-state index in [2.05, 4.69) is 28.5 Å². The van der Waals surface area contributed by atoms with E-state index in [9.17, 15) is 13.2 Å². The number of carbonyl (C=O) groups is 1. The van der Waals surface area contributed by atoms with E-state index in [4.69, 9.17) is 9.47 Å². The smallest absolute Gasteiger partial charge is 0.280 e. The Hall–Kier alpha value is -2.63. The first-order valence-electron chi connectivity index (χ1n) is 10.8. The fourth-order valence-corrected chi connectivity index (χ4v) is 4.79. The Morgan fingerprint density at radius 2 is 1.91 bits per heavy atom. The number of hydrogen-bond donors (Lipinski definition) is 1. The fraction of sp³-hybridized carbons (Fsp3) is 0.545. The van der Waals surface area contributed by atoms with Gasteiger partial charge in [0.25, 0.3) is 15.9 Å². The van der Waals surface area contributed by atoms with Gasteiger partial charge in [0.2, 0.25) is 0 Å². The number of likely N-dealkylation sites (N-methyl/N-ethyl adjacent to an activating group) is 2. The molecule has 0 bridgehead atoms. The highest BCUT2D eigenvalue weighted by molar-refractivity contribution is 7.92. The third kappa shape index (κ3) is 5.84. The maximum Gasteiger partial charge on any atom is 0.280 e. The minimum atomic E-state index is -3.90. The van der Waals surface area contributed by atoms with Crippen molar-refractivity contribution < 1.29 is 22.7 Å². The number of imidazole rings is 1. The van der Waals surface area contributed by atoms with E-state index < -0.39 is 10.0 Å². The maximum atomic E-state index is 13.3. The molecule has 182 valence electrons. The van der Waals surface area contributed by atoms with Crippen molar-refractivity contribution in [3.05, 3.63) is 36.3 Å². The molecule has 1 amide bonds. The number of methoxy groups -OCH3 is 1. The summed E-state index contributed by atoms with van der Waals surface area (Å²) < 4.78 is 41.1. The number of aryl methyl sites for hydroxylation is 1. The average Bonchev–Trinajstić information content (AvgIpc) is 3.21. The second-order valence-electron chi connectivity index (χ2n) is 8.73. The summed E-state index contributed by atoms with van der Waals surface area (Å²) in [4.78, 5) is 21.0. The second-order valence-corrected chi connectivity index (χ2v) is 10.4. The van der Waals surface area contributed by atoms with E-state index in [1.54, 1.807) is 42.8 Å². The maximum absolute atomic E-state index is 13.3. The zero-order valence-corrected chi connectivity index (χ0v) is 20.8. The van der Waals surface area contributed by atoms with E-state index in [1.165, 1.54) is 18.6 Å². The summed E-state index contributed by atoms with van der Waals surface area (Å²) >= 11 is 0. The average molecular weight is 480 g/mol. The summed E-state index contributed by atoms with van der Waals surface area (Å²) in [7, 11) is 3.17. The van der Waals surface area contributed by atoms with Crippen LogP contribution in [-0.2, 0) is 21.8 Å². The number of benzene rings is 1. The largest absolute Gasteiger partial charge is 0.491 e. The van der Waals surface area contributed by atoms with E-state index in [0.717, 1.165) is 6.54 Å². The lowest BCUT2D eigenvalue weighted by atomic mass is 10.0. The molecule has 0 spiro atoms.